The minimum absolute atomic E-state index is 0.142. The highest BCUT2D eigenvalue weighted by atomic mass is 16.5. The highest BCUT2D eigenvalue weighted by Crippen LogP contribution is 2.19. The number of likely N-dealkylation sites (tertiary alicyclic amines) is 1. The standard InChI is InChI=1S/C15H22N4O3/c1-3-16-15-17-8-12(9-18-15)13(20)19-7-5-6-11(10-19)14(21)22-4-2/h8-9,11H,3-7,10H2,1-2H3,(H,16,17,18)/t11-/m0/s1. The monoisotopic (exact) mass is 306 g/mol. The number of rotatable bonds is 5. The number of aromatic nitrogens is 2. The van der Waals surface area contributed by atoms with Crippen molar-refractivity contribution in [3.63, 3.8) is 0 Å². The third kappa shape index (κ3) is 3.93. The molecule has 1 N–H and O–H groups in total. The van der Waals surface area contributed by atoms with E-state index in [0.29, 0.717) is 31.2 Å². The molecule has 22 heavy (non-hydrogen) atoms. The van der Waals surface area contributed by atoms with Crippen molar-refractivity contribution in [2.24, 2.45) is 5.92 Å². The number of nitrogens with zero attached hydrogens (tertiary/aromatic N) is 3. The summed E-state index contributed by atoms with van der Waals surface area (Å²) in [5.74, 6) is -0.0996. The molecular formula is C15H22N4O3. The third-order valence-corrected chi connectivity index (χ3v) is 3.56. The number of amides is 1. The van der Waals surface area contributed by atoms with Gasteiger partial charge in [-0.1, -0.05) is 0 Å². The Balaban J connectivity index is 2.00. The summed E-state index contributed by atoms with van der Waals surface area (Å²) in [5.41, 5.74) is 0.436. The maximum atomic E-state index is 12.5. The van der Waals surface area contributed by atoms with Gasteiger partial charge < -0.3 is 15.0 Å². The molecule has 0 spiro atoms. The van der Waals surface area contributed by atoms with E-state index in [1.54, 1.807) is 11.8 Å². The second-order valence-corrected chi connectivity index (χ2v) is 5.17. The number of carbonyl (C=O) groups excluding carboxylic acids is 2. The summed E-state index contributed by atoms with van der Waals surface area (Å²) in [5, 5.41) is 2.98. The van der Waals surface area contributed by atoms with Gasteiger partial charge in [-0.05, 0) is 26.7 Å². The molecule has 7 nitrogen and oxygen atoms in total. The fourth-order valence-electron chi connectivity index (χ4n) is 2.48. The largest absolute Gasteiger partial charge is 0.466 e. The van der Waals surface area contributed by atoms with Gasteiger partial charge in [0.1, 0.15) is 0 Å². The molecule has 120 valence electrons. The zero-order valence-electron chi connectivity index (χ0n) is 13.0. The molecule has 0 saturated carbocycles. The van der Waals surface area contributed by atoms with Gasteiger partial charge in [0.25, 0.3) is 5.91 Å². The van der Waals surface area contributed by atoms with Gasteiger partial charge in [0, 0.05) is 32.0 Å². The van der Waals surface area contributed by atoms with Crippen LogP contribution in [0.2, 0.25) is 0 Å². The number of carbonyl (C=O) groups is 2. The Labute approximate surface area is 130 Å². The predicted molar refractivity (Wildman–Crippen MR) is 81.5 cm³/mol. The molecule has 7 heteroatoms. The first-order valence-corrected chi connectivity index (χ1v) is 7.67. The van der Waals surface area contributed by atoms with E-state index in [0.717, 1.165) is 19.4 Å². The van der Waals surface area contributed by atoms with E-state index in [-0.39, 0.29) is 17.8 Å². The number of hydrogen-bond donors (Lipinski definition) is 1. The Morgan fingerprint density at radius 2 is 2.09 bits per heavy atom. The second kappa shape index (κ2) is 7.72. The molecule has 0 bridgehead atoms. The number of nitrogens with one attached hydrogen (secondary N) is 1. The summed E-state index contributed by atoms with van der Waals surface area (Å²) < 4.78 is 5.05. The average molecular weight is 306 g/mol. The van der Waals surface area contributed by atoms with Crippen LogP contribution in [0.3, 0.4) is 0 Å². The summed E-state index contributed by atoms with van der Waals surface area (Å²) in [6.07, 6.45) is 4.59. The zero-order valence-corrected chi connectivity index (χ0v) is 13.0. The molecule has 2 rings (SSSR count). The molecule has 0 aromatic carbocycles. The highest BCUT2D eigenvalue weighted by molar-refractivity contribution is 5.94. The number of hydrogen-bond acceptors (Lipinski definition) is 6. The molecule has 0 aliphatic carbocycles. The molecule has 0 unspecified atom stereocenters. The quantitative estimate of drug-likeness (QED) is 0.826. The van der Waals surface area contributed by atoms with Crippen molar-refractivity contribution in [1.29, 1.82) is 0 Å². The number of ether oxygens (including phenoxy) is 1. The van der Waals surface area contributed by atoms with Crippen LogP contribution in [0.5, 0.6) is 0 Å². The summed E-state index contributed by atoms with van der Waals surface area (Å²) in [6.45, 7) is 5.86. The van der Waals surface area contributed by atoms with Crippen molar-refractivity contribution in [1.82, 2.24) is 14.9 Å². The van der Waals surface area contributed by atoms with Crippen LogP contribution < -0.4 is 5.32 Å². The lowest BCUT2D eigenvalue weighted by Crippen LogP contribution is -2.42. The van der Waals surface area contributed by atoms with Crippen LogP contribution in [0.25, 0.3) is 0 Å². The Bertz CT molecular complexity index is 518. The van der Waals surface area contributed by atoms with E-state index in [4.69, 9.17) is 4.74 Å². The Kier molecular flexibility index (Phi) is 5.68. The van der Waals surface area contributed by atoms with Crippen molar-refractivity contribution in [3.8, 4) is 0 Å². The van der Waals surface area contributed by atoms with Gasteiger partial charge >= 0.3 is 5.97 Å². The van der Waals surface area contributed by atoms with Crippen LogP contribution in [0.15, 0.2) is 12.4 Å². The molecule has 1 amide bonds. The lowest BCUT2D eigenvalue weighted by molar-refractivity contribution is -0.149. The first-order chi connectivity index (χ1) is 10.7. The summed E-state index contributed by atoms with van der Waals surface area (Å²) in [7, 11) is 0. The zero-order chi connectivity index (χ0) is 15.9. The first kappa shape index (κ1) is 16.2. The Morgan fingerprint density at radius 3 is 2.73 bits per heavy atom. The molecule has 1 atom stereocenters. The lowest BCUT2D eigenvalue weighted by Gasteiger charge is -2.31. The maximum absolute atomic E-state index is 12.5. The van der Waals surface area contributed by atoms with Gasteiger partial charge in [-0.2, -0.15) is 0 Å². The van der Waals surface area contributed by atoms with Crippen LogP contribution in [-0.2, 0) is 9.53 Å². The number of anilines is 1. The SMILES string of the molecule is CCNc1ncc(C(=O)N2CCC[C@H](C(=O)OCC)C2)cn1. The molecule has 1 aromatic heterocycles. The third-order valence-electron chi connectivity index (χ3n) is 3.56. The predicted octanol–water partition coefficient (Wildman–Crippen LogP) is 1.32. The molecule has 1 saturated heterocycles. The minimum atomic E-state index is -0.236. The van der Waals surface area contributed by atoms with Gasteiger partial charge in [0.15, 0.2) is 0 Å². The van der Waals surface area contributed by atoms with Crippen LogP contribution in [-0.4, -0.2) is 53.0 Å². The smallest absolute Gasteiger partial charge is 0.310 e. The topological polar surface area (TPSA) is 84.4 Å². The van der Waals surface area contributed by atoms with E-state index >= 15 is 0 Å². The van der Waals surface area contributed by atoms with Crippen LogP contribution >= 0.6 is 0 Å². The Hall–Kier alpha value is -2.18. The molecule has 2 heterocycles. The molecule has 1 aliphatic rings. The number of piperidine rings is 1. The summed E-state index contributed by atoms with van der Waals surface area (Å²) in [6, 6.07) is 0. The van der Waals surface area contributed by atoms with Crippen LogP contribution in [0.1, 0.15) is 37.0 Å². The lowest BCUT2D eigenvalue weighted by atomic mass is 9.98. The van der Waals surface area contributed by atoms with Crippen LogP contribution in [0.4, 0.5) is 5.95 Å². The summed E-state index contributed by atoms with van der Waals surface area (Å²) in [4.78, 5) is 34.2. The second-order valence-electron chi connectivity index (χ2n) is 5.17. The first-order valence-electron chi connectivity index (χ1n) is 7.67. The van der Waals surface area contributed by atoms with Crippen molar-refractivity contribution in [3.05, 3.63) is 18.0 Å². The maximum Gasteiger partial charge on any atom is 0.310 e. The Morgan fingerprint density at radius 1 is 1.36 bits per heavy atom. The fraction of sp³-hybridized carbons (Fsp3) is 0.600. The normalized spacial score (nSPS) is 17.9. The molecule has 1 aliphatic heterocycles. The van der Waals surface area contributed by atoms with Crippen molar-refractivity contribution >= 4 is 17.8 Å². The fourth-order valence-corrected chi connectivity index (χ4v) is 2.48. The van der Waals surface area contributed by atoms with E-state index < -0.39 is 0 Å². The molecule has 0 radical (unpaired) electrons. The van der Waals surface area contributed by atoms with Gasteiger partial charge in [-0.15, -0.1) is 0 Å². The van der Waals surface area contributed by atoms with Gasteiger partial charge in [-0.3, -0.25) is 9.59 Å². The van der Waals surface area contributed by atoms with Crippen molar-refractivity contribution in [2.75, 3.05) is 31.6 Å². The number of esters is 1. The molecule has 1 aromatic rings. The van der Waals surface area contributed by atoms with Gasteiger partial charge in [0.2, 0.25) is 5.95 Å². The molecule has 1 fully saturated rings. The van der Waals surface area contributed by atoms with Crippen LogP contribution in [0, 0.1) is 5.92 Å². The van der Waals surface area contributed by atoms with Gasteiger partial charge in [-0.25, -0.2) is 9.97 Å². The highest BCUT2D eigenvalue weighted by Gasteiger charge is 2.29. The van der Waals surface area contributed by atoms with E-state index in [9.17, 15) is 9.59 Å². The summed E-state index contributed by atoms with van der Waals surface area (Å²) >= 11 is 0. The van der Waals surface area contributed by atoms with Crippen molar-refractivity contribution < 1.29 is 14.3 Å². The average Bonchev–Trinajstić information content (AvgIpc) is 2.55. The van der Waals surface area contributed by atoms with Gasteiger partial charge in [0.05, 0.1) is 18.1 Å². The van der Waals surface area contributed by atoms with E-state index in [2.05, 4.69) is 15.3 Å². The van der Waals surface area contributed by atoms with Crippen molar-refractivity contribution in [2.45, 2.75) is 26.7 Å². The van der Waals surface area contributed by atoms with E-state index in [1.165, 1.54) is 12.4 Å². The molecular weight excluding hydrogens is 284 g/mol. The van der Waals surface area contributed by atoms with E-state index in [1.807, 2.05) is 6.92 Å². The minimum Gasteiger partial charge on any atom is -0.466 e.